The zero-order valence-electron chi connectivity index (χ0n) is 51.5. The molecule has 0 bridgehead atoms. The molecule has 0 aromatic carbocycles. The summed E-state index contributed by atoms with van der Waals surface area (Å²) in [4.78, 5) is 164. The van der Waals surface area contributed by atoms with Crippen LogP contribution < -0.4 is 21.3 Å². The number of hydrogen-bond acceptors (Lipinski definition) is 12. The Hall–Kier alpha value is -6.13. The van der Waals surface area contributed by atoms with Crippen LogP contribution in [0.4, 0.5) is 0 Å². The smallest absolute Gasteiger partial charge is 0.246 e. The second kappa shape index (κ2) is 31.6. The van der Waals surface area contributed by atoms with Gasteiger partial charge in [-0.25, -0.2) is 0 Å². The van der Waals surface area contributed by atoms with Crippen LogP contribution in [-0.4, -0.2) is 227 Å². The number of aliphatic hydroxyl groups excluding tert-OH is 1. The first-order chi connectivity index (χ1) is 36.4. The molecule has 12 unspecified atom stereocenters. The van der Waals surface area contributed by atoms with Crippen LogP contribution in [0.2, 0.25) is 0 Å². The molecule has 12 atom stereocenters. The van der Waals surface area contributed by atoms with E-state index in [4.69, 9.17) is 0 Å². The fraction of sp³-hybridized carbons (Fsp3) is 0.768. The number of hydrogen-bond donors (Lipinski definition) is 5. The number of nitrogens with one attached hydrogen (secondary N) is 4. The molecule has 1 aliphatic heterocycles. The fourth-order valence-electron chi connectivity index (χ4n) is 9.46. The quantitative estimate of drug-likeness (QED) is 0.183. The van der Waals surface area contributed by atoms with E-state index in [9.17, 15) is 57.8 Å². The predicted octanol–water partition coefficient (Wildman–Crippen LogP) is 1.22. The molecule has 0 aromatic rings. The molecule has 1 fully saturated rings. The Labute approximate surface area is 470 Å². The predicted molar refractivity (Wildman–Crippen MR) is 301 cm³/mol. The molecule has 1 saturated heterocycles. The third-order valence-corrected chi connectivity index (χ3v) is 15.1. The second-order valence-electron chi connectivity index (χ2n) is 23.2. The van der Waals surface area contributed by atoms with E-state index in [1.54, 1.807) is 60.6 Å². The summed E-state index contributed by atoms with van der Waals surface area (Å²) in [7, 11) is 9.63. The maximum absolute atomic E-state index is 14.8. The molecule has 1 aliphatic rings. The van der Waals surface area contributed by atoms with Crippen molar-refractivity contribution in [2.24, 2.45) is 29.6 Å². The molecule has 1 heterocycles. The Kier molecular flexibility index (Phi) is 28.4. The van der Waals surface area contributed by atoms with Crippen LogP contribution in [0, 0.1) is 29.6 Å². The molecule has 0 aliphatic carbocycles. The van der Waals surface area contributed by atoms with Gasteiger partial charge >= 0.3 is 0 Å². The number of aliphatic hydroxyl groups is 1. The molecule has 0 spiro atoms. The van der Waals surface area contributed by atoms with Crippen LogP contribution in [0.25, 0.3) is 0 Å². The Bertz CT molecular complexity index is 2190. The minimum atomic E-state index is -1.60. The number of carbonyl (C=O) groups excluding carboxylic acids is 11. The first-order valence-corrected chi connectivity index (χ1v) is 27.8. The van der Waals surface area contributed by atoms with Crippen LogP contribution in [0.1, 0.15) is 130 Å². The molecule has 11 amide bonds. The molecule has 0 aromatic heterocycles. The number of rotatable bonds is 11. The number of likely N-dealkylation sites (N-methyl/N-ethyl adjacent to an activating group) is 7. The van der Waals surface area contributed by atoms with Gasteiger partial charge in [0.05, 0.1) is 12.6 Å². The van der Waals surface area contributed by atoms with Crippen molar-refractivity contribution in [2.45, 2.75) is 196 Å². The van der Waals surface area contributed by atoms with Crippen molar-refractivity contribution in [1.29, 1.82) is 0 Å². The summed E-state index contributed by atoms with van der Waals surface area (Å²) >= 11 is 0. The molecule has 1 rings (SSSR count). The zero-order chi connectivity index (χ0) is 61.4. The van der Waals surface area contributed by atoms with E-state index in [1.807, 2.05) is 27.7 Å². The van der Waals surface area contributed by atoms with Gasteiger partial charge in [0, 0.05) is 49.3 Å². The highest BCUT2D eigenvalue weighted by Crippen LogP contribution is 2.23. The van der Waals surface area contributed by atoms with Crippen molar-refractivity contribution in [3.8, 4) is 0 Å². The summed E-state index contributed by atoms with van der Waals surface area (Å²) in [5.41, 5.74) is 0. The van der Waals surface area contributed by atoms with Gasteiger partial charge in [-0.05, 0) is 89.9 Å². The second-order valence-corrected chi connectivity index (χ2v) is 23.2. The standard InChI is InChI=1S/C56H99N11O12/c1-23-25-26-34(11)46(69)45-50(73)59-39(24-2)54(77)61(16)29-42(68)64(19)40(27-30(3)4)49(72)60-43(32(7)8)55(78)65(20)41(28-31(5)6)48(71)57-35(12)47(70)58-36(13)51(74)62(17)37(14)52(75)63(18)38(15)53(76)66(21)44(33(9)10)56(79)67(45)22/h23,25,30-41,43-46,69H,24,26-29H2,1-22H3,(H,57,71)(H,58,70)(H,59,73)(H,60,72)/b25-23+. The highest BCUT2D eigenvalue weighted by atomic mass is 16.3. The number of carbonyl (C=O) groups is 11. The molecule has 79 heavy (non-hydrogen) atoms. The average molecular weight is 1120 g/mol. The average Bonchev–Trinajstić information content (AvgIpc) is 3.38. The van der Waals surface area contributed by atoms with Gasteiger partial charge in [-0.2, -0.15) is 0 Å². The van der Waals surface area contributed by atoms with E-state index in [1.165, 1.54) is 91.7 Å². The Balaban J connectivity index is 4.11. The van der Waals surface area contributed by atoms with E-state index in [0.717, 1.165) is 19.6 Å². The SMILES string of the molecule is C/C=C/CC(C)C(O)C1C(=O)NC(CC)C(=O)N(C)CC(=O)N(C)C(CC(C)C)C(=O)NC(C(C)C)C(=O)N(C)C(CC(C)C)C(=O)NC(C)C(=O)NC(C)C(=O)N(C)C(C)C(=O)N(C)C(C)C(=O)N(C)C(C(C)C)C(=O)N1C. The van der Waals surface area contributed by atoms with Gasteiger partial charge < -0.3 is 60.7 Å². The summed E-state index contributed by atoms with van der Waals surface area (Å²) in [5, 5.41) is 22.7. The topological polar surface area (TPSA) is 279 Å². The molecule has 23 heteroatoms. The van der Waals surface area contributed by atoms with Crippen molar-refractivity contribution in [3.05, 3.63) is 12.2 Å². The fourth-order valence-corrected chi connectivity index (χ4v) is 9.46. The van der Waals surface area contributed by atoms with E-state index < -0.39 is 156 Å². The Morgan fingerprint density at radius 2 is 0.962 bits per heavy atom. The monoisotopic (exact) mass is 1120 g/mol. The largest absolute Gasteiger partial charge is 0.390 e. The lowest BCUT2D eigenvalue weighted by Crippen LogP contribution is -2.63. The zero-order valence-corrected chi connectivity index (χ0v) is 51.5. The summed E-state index contributed by atoms with van der Waals surface area (Å²) in [6.07, 6.45) is 2.73. The van der Waals surface area contributed by atoms with Crippen LogP contribution in [0.15, 0.2) is 12.2 Å². The number of nitrogens with zero attached hydrogens (tertiary/aromatic N) is 7. The first-order valence-electron chi connectivity index (χ1n) is 27.8. The van der Waals surface area contributed by atoms with Gasteiger partial charge in [0.2, 0.25) is 65.0 Å². The van der Waals surface area contributed by atoms with Crippen molar-refractivity contribution < 1.29 is 57.8 Å². The molecule has 23 nitrogen and oxygen atoms in total. The van der Waals surface area contributed by atoms with Gasteiger partial charge in [0.1, 0.15) is 60.4 Å². The molecular weight excluding hydrogens is 1020 g/mol. The minimum absolute atomic E-state index is 0.0241. The van der Waals surface area contributed by atoms with Gasteiger partial charge in [-0.1, -0.05) is 81.4 Å². The number of allylic oxidation sites excluding steroid dienone is 2. The van der Waals surface area contributed by atoms with Crippen molar-refractivity contribution in [1.82, 2.24) is 55.6 Å². The van der Waals surface area contributed by atoms with Gasteiger partial charge in [0.25, 0.3) is 0 Å². The van der Waals surface area contributed by atoms with Crippen molar-refractivity contribution >= 4 is 65.0 Å². The summed E-state index contributed by atoms with van der Waals surface area (Å²) < 4.78 is 0. The third kappa shape index (κ3) is 19.0. The minimum Gasteiger partial charge on any atom is -0.390 e. The molecule has 5 N–H and O–H groups in total. The summed E-state index contributed by atoms with van der Waals surface area (Å²) in [5.74, 6) is -9.59. The van der Waals surface area contributed by atoms with Gasteiger partial charge in [0.15, 0.2) is 0 Å². The lowest BCUT2D eigenvalue weighted by atomic mass is 9.91. The molecule has 0 saturated carbocycles. The normalized spacial score (nSPS) is 27.9. The lowest BCUT2D eigenvalue weighted by Gasteiger charge is -2.40. The van der Waals surface area contributed by atoms with Crippen LogP contribution in [-0.2, 0) is 52.7 Å². The highest BCUT2D eigenvalue weighted by molar-refractivity contribution is 5.99. The van der Waals surface area contributed by atoms with Gasteiger partial charge in [-0.15, -0.1) is 0 Å². The molecule has 450 valence electrons. The first kappa shape index (κ1) is 70.9. The van der Waals surface area contributed by atoms with E-state index in [-0.39, 0.29) is 31.1 Å². The summed E-state index contributed by atoms with van der Waals surface area (Å²) in [6.45, 7) is 24.5. The lowest BCUT2D eigenvalue weighted by molar-refractivity contribution is -0.156. The van der Waals surface area contributed by atoms with Gasteiger partial charge in [-0.3, -0.25) is 52.7 Å². The summed E-state index contributed by atoms with van der Waals surface area (Å²) in [6, 6.07) is -12.3. The Morgan fingerprint density at radius 1 is 0.506 bits per heavy atom. The van der Waals surface area contributed by atoms with Crippen molar-refractivity contribution in [3.63, 3.8) is 0 Å². The maximum Gasteiger partial charge on any atom is 0.246 e. The van der Waals surface area contributed by atoms with Crippen LogP contribution in [0.5, 0.6) is 0 Å². The van der Waals surface area contributed by atoms with E-state index >= 15 is 0 Å². The van der Waals surface area contributed by atoms with Crippen LogP contribution in [0.3, 0.4) is 0 Å². The van der Waals surface area contributed by atoms with E-state index in [0.29, 0.717) is 6.42 Å². The maximum atomic E-state index is 14.8. The van der Waals surface area contributed by atoms with E-state index in [2.05, 4.69) is 21.3 Å². The van der Waals surface area contributed by atoms with Crippen molar-refractivity contribution in [2.75, 3.05) is 55.9 Å². The molecular formula is C56H99N11O12. The van der Waals surface area contributed by atoms with Crippen LogP contribution >= 0.6 is 0 Å². The highest BCUT2D eigenvalue weighted by Gasteiger charge is 2.44. The number of amides is 11. The third-order valence-electron chi connectivity index (χ3n) is 15.1. The molecule has 0 radical (unpaired) electrons. The Morgan fingerprint density at radius 3 is 1.43 bits per heavy atom.